The predicted octanol–water partition coefficient (Wildman–Crippen LogP) is 2.26. The molecule has 2 aliphatic rings. The van der Waals surface area contributed by atoms with Crippen LogP contribution >= 0.6 is 27.5 Å². The molecule has 0 unspecified atom stereocenters. The molecule has 2 aliphatic heterocycles. The smallest absolute Gasteiger partial charge is 0.166 e. The van der Waals surface area contributed by atoms with Gasteiger partial charge in [-0.15, -0.1) is 0 Å². The number of hydrogen-bond donors (Lipinski definition) is 1. The normalized spacial score (nSPS) is 32.6. The van der Waals surface area contributed by atoms with Gasteiger partial charge < -0.3 is 19.3 Å². The Morgan fingerprint density at radius 3 is 2.87 bits per heavy atom. The van der Waals surface area contributed by atoms with Crippen LogP contribution in [0.3, 0.4) is 0 Å². The Labute approximate surface area is 145 Å². The maximum absolute atomic E-state index is 9.57. The minimum absolute atomic E-state index is 0.151. The second kappa shape index (κ2) is 5.37. The molecule has 124 valence electrons. The third-order valence-corrected chi connectivity index (χ3v) is 4.73. The first-order valence-corrected chi connectivity index (χ1v) is 8.37. The van der Waals surface area contributed by atoms with E-state index in [2.05, 4.69) is 25.9 Å². The van der Waals surface area contributed by atoms with E-state index in [0.29, 0.717) is 20.8 Å². The van der Waals surface area contributed by atoms with E-state index in [1.807, 2.05) is 13.8 Å². The van der Waals surface area contributed by atoms with Crippen LogP contribution in [0.4, 0.5) is 0 Å². The average Bonchev–Trinajstić information content (AvgIpc) is 3.09. The molecule has 23 heavy (non-hydrogen) atoms. The van der Waals surface area contributed by atoms with E-state index in [1.54, 1.807) is 17.0 Å². The summed E-state index contributed by atoms with van der Waals surface area (Å²) < 4.78 is 20.1. The molecule has 2 fully saturated rings. The van der Waals surface area contributed by atoms with Crippen molar-refractivity contribution in [2.24, 2.45) is 0 Å². The first-order valence-electron chi connectivity index (χ1n) is 7.20. The molecule has 4 heterocycles. The van der Waals surface area contributed by atoms with Crippen molar-refractivity contribution in [1.29, 1.82) is 0 Å². The quantitative estimate of drug-likeness (QED) is 0.774. The Morgan fingerprint density at radius 2 is 2.13 bits per heavy atom. The molecule has 0 bridgehead atoms. The second-order valence-electron chi connectivity index (χ2n) is 6.06. The van der Waals surface area contributed by atoms with E-state index in [9.17, 15) is 5.11 Å². The lowest BCUT2D eigenvalue weighted by Crippen LogP contribution is -2.31. The molecule has 1 N–H and O–H groups in total. The van der Waals surface area contributed by atoms with E-state index >= 15 is 0 Å². The fraction of sp³-hybridized carbons (Fsp3) is 0.571. The summed E-state index contributed by atoms with van der Waals surface area (Å²) in [5, 5.41) is 10.1. The van der Waals surface area contributed by atoms with Crippen molar-refractivity contribution in [2.75, 3.05) is 6.61 Å². The van der Waals surface area contributed by atoms with Crippen molar-refractivity contribution in [3.63, 3.8) is 0 Å². The molecule has 0 aromatic carbocycles. The third kappa shape index (κ3) is 2.48. The topological polar surface area (TPSA) is 78.6 Å². The Balaban J connectivity index is 1.79. The van der Waals surface area contributed by atoms with Gasteiger partial charge in [-0.05, 0) is 35.8 Å². The molecule has 0 radical (unpaired) electrons. The van der Waals surface area contributed by atoms with Gasteiger partial charge in [-0.3, -0.25) is 4.57 Å². The van der Waals surface area contributed by atoms with Crippen molar-refractivity contribution < 1.29 is 19.3 Å². The monoisotopic (exact) mass is 403 g/mol. The van der Waals surface area contributed by atoms with E-state index in [0.717, 1.165) is 0 Å². The van der Waals surface area contributed by atoms with E-state index in [1.165, 1.54) is 0 Å². The number of aromatic nitrogens is 3. The van der Waals surface area contributed by atoms with Crippen molar-refractivity contribution in [2.45, 2.75) is 44.2 Å². The molecule has 2 saturated heterocycles. The van der Waals surface area contributed by atoms with Crippen LogP contribution in [-0.2, 0) is 14.2 Å². The Hall–Kier alpha value is -0.770. The molecule has 9 heteroatoms. The van der Waals surface area contributed by atoms with Crippen molar-refractivity contribution >= 4 is 38.7 Å². The van der Waals surface area contributed by atoms with Gasteiger partial charge in [0, 0.05) is 0 Å². The Kier molecular flexibility index (Phi) is 3.67. The first kappa shape index (κ1) is 15.7. The number of nitrogens with zero attached hydrogens (tertiary/aromatic N) is 3. The van der Waals surface area contributed by atoms with Gasteiger partial charge in [0.25, 0.3) is 0 Å². The van der Waals surface area contributed by atoms with Gasteiger partial charge in [-0.25, -0.2) is 9.97 Å². The zero-order valence-corrected chi connectivity index (χ0v) is 14.8. The lowest BCUT2D eigenvalue weighted by Gasteiger charge is -2.24. The maximum atomic E-state index is 9.57. The van der Waals surface area contributed by atoms with Crippen molar-refractivity contribution in [3.8, 4) is 0 Å². The van der Waals surface area contributed by atoms with Gasteiger partial charge in [-0.2, -0.15) is 0 Å². The zero-order chi connectivity index (χ0) is 16.4. The van der Waals surface area contributed by atoms with Crippen LogP contribution in [0.5, 0.6) is 0 Å². The number of aliphatic hydroxyl groups excluding tert-OH is 1. The minimum Gasteiger partial charge on any atom is -0.394 e. The van der Waals surface area contributed by atoms with Crippen molar-refractivity contribution in [1.82, 2.24) is 14.5 Å². The molecule has 2 aromatic heterocycles. The van der Waals surface area contributed by atoms with Gasteiger partial charge in [0.1, 0.15) is 28.4 Å². The Bertz CT molecular complexity index is 768. The summed E-state index contributed by atoms with van der Waals surface area (Å²) >= 11 is 9.55. The number of rotatable bonds is 2. The Morgan fingerprint density at radius 1 is 1.39 bits per heavy atom. The molecule has 4 rings (SSSR count). The predicted molar refractivity (Wildman–Crippen MR) is 85.1 cm³/mol. The third-order valence-electron chi connectivity index (χ3n) is 4.03. The number of fused-ring (bicyclic) bond motifs is 2. The van der Waals surface area contributed by atoms with Crippen LogP contribution in [-0.4, -0.2) is 50.3 Å². The highest BCUT2D eigenvalue weighted by atomic mass is 79.9. The molecule has 0 aliphatic carbocycles. The molecule has 0 spiro atoms. The van der Waals surface area contributed by atoms with Crippen LogP contribution in [0.15, 0.2) is 17.0 Å². The highest BCUT2D eigenvalue weighted by Gasteiger charge is 2.55. The van der Waals surface area contributed by atoms with Gasteiger partial charge in [0.2, 0.25) is 0 Å². The lowest BCUT2D eigenvalue weighted by atomic mass is 10.1. The number of halogens is 2. The summed E-state index contributed by atoms with van der Waals surface area (Å²) in [7, 11) is 0. The van der Waals surface area contributed by atoms with Crippen LogP contribution < -0.4 is 0 Å². The maximum Gasteiger partial charge on any atom is 0.166 e. The summed E-state index contributed by atoms with van der Waals surface area (Å²) in [4.78, 5) is 8.75. The number of pyridine rings is 1. The molecule has 0 saturated carbocycles. The fourth-order valence-electron chi connectivity index (χ4n) is 3.16. The average molecular weight is 405 g/mol. The van der Waals surface area contributed by atoms with E-state index < -0.39 is 18.1 Å². The summed E-state index contributed by atoms with van der Waals surface area (Å²) in [6, 6.07) is 1.69. The van der Waals surface area contributed by atoms with Gasteiger partial charge in [0.15, 0.2) is 17.7 Å². The van der Waals surface area contributed by atoms with Crippen molar-refractivity contribution in [3.05, 3.63) is 22.0 Å². The van der Waals surface area contributed by atoms with Crippen LogP contribution in [0, 0.1) is 0 Å². The number of aliphatic hydroxyl groups is 1. The molecule has 2 aromatic rings. The molecule has 4 atom stereocenters. The largest absolute Gasteiger partial charge is 0.394 e. The summed E-state index contributed by atoms with van der Waals surface area (Å²) in [6.07, 6.45) is -0.0561. The molecular formula is C14H15BrClN3O4. The van der Waals surface area contributed by atoms with Gasteiger partial charge >= 0.3 is 0 Å². The highest BCUT2D eigenvalue weighted by Crippen LogP contribution is 2.43. The van der Waals surface area contributed by atoms with Crippen LogP contribution in [0.2, 0.25) is 5.02 Å². The lowest BCUT2D eigenvalue weighted by molar-refractivity contribution is -0.199. The molecule has 7 nitrogen and oxygen atoms in total. The highest BCUT2D eigenvalue weighted by molar-refractivity contribution is 9.10. The second-order valence-corrected chi connectivity index (χ2v) is 7.28. The van der Waals surface area contributed by atoms with E-state index in [-0.39, 0.29) is 18.8 Å². The van der Waals surface area contributed by atoms with Gasteiger partial charge in [0.05, 0.1) is 18.0 Å². The van der Waals surface area contributed by atoms with Crippen LogP contribution in [0.25, 0.3) is 11.2 Å². The number of imidazole rings is 1. The SMILES string of the molecule is CC1(C)O[C@@H]2[C@H](O1)[C@@H](CO)O[C@H]2n1cnc2c(Cl)cc(Br)nc21. The molecular weight excluding hydrogens is 390 g/mol. The van der Waals surface area contributed by atoms with Gasteiger partial charge in [-0.1, -0.05) is 11.6 Å². The summed E-state index contributed by atoms with van der Waals surface area (Å²) in [5.74, 6) is -0.729. The summed E-state index contributed by atoms with van der Waals surface area (Å²) in [5.41, 5.74) is 1.17. The zero-order valence-electron chi connectivity index (χ0n) is 12.4. The standard InChI is InChI=1S/C14H15BrClN3O4/c1-14(2)22-10-7(4-20)21-13(11(10)23-14)19-5-17-9-6(16)3-8(15)18-12(9)19/h3,5,7,10-11,13,20H,4H2,1-2H3/t7-,10-,11-,13-/m1/s1. The molecule has 0 amide bonds. The minimum atomic E-state index is -0.729. The van der Waals surface area contributed by atoms with Crippen LogP contribution in [0.1, 0.15) is 20.1 Å². The number of ether oxygens (including phenoxy) is 3. The van der Waals surface area contributed by atoms with E-state index in [4.69, 9.17) is 25.8 Å². The summed E-state index contributed by atoms with van der Waals surface area (Å²) in [6.45, 7) is 3.53. The first-order chi connectivity index (χ1) is 10.9. The number of hydrogen-bond acceptors (Lipinski definition) is 6. The fourth-order valence-corrected chi connectivity index (χ4v) is 3.92.